The highest BCUT2D eigenvalue weighted by Crippen LogP contribution is 2.16. The molecule has 42 heavy (non-hydrogen) atoms. The highest BCUT2D eigenvalue weighted by atomic mass is 35.5. The second-order valence-electron chi connectivity index (χ2n) is 13.5. The average Bonchev–Trinajstić information content (AvgIpc) is 2.95. The maximum atomic E-state index is 2.34. The smallest absolute Gasteiger partial charge is 0.0355 e. The lowest BCUT2D eigenvalue weighted by molar-refractivity contribution is 0.280. The predicted octanol–water partition coefficient (Wildman–Crippen LogP) is 14.8. The highest BCUT2D eigenvalue weighted by molar-refractivity contribution is 5.85. The number of halogens is 1. The number of hydrogen-bond acceptors (Lipinski definition) is 1. The van der Waals surface area contributed by atoms with Gasteiger partial charge in [0.1, 0.15) is 0 Å². The zero-order valence-corrected chi connectivity index (χ0v) is 30.2. The summed E-state index contributed by atoms with van der Waals surface area (Å²) in [5, 5.41) is 0. The van der Waals surface area contributed by atoms with E-state index in [0.29, 0.717) is 0 Å². The van der Waals surface area contributed by atoms with Crippen LogP contribution in [0.1, 0.15) is 202 Å². The molecule has 2 heteroatoms. The second kappa shape index (κ2) is 34.5. The summed E-state index contributed by atoms with van der Waals surface area (Å²) >= 11 is 0. The van der Waals surface area contributed by atoms with Crippen LogP contribution < -0.4 is 0 Å². The lowest BCUT2D eigenvalue weighted by atomic mass is 10.0. The Morgan fingerprint density at radius 1 is 0.381 bits per heavy atom. The summed E-state index contributed by atoms with van der Waals surface area (Å²) in [7, 11) is 0. The van der Waals surface area contributed by atoms with Crippen molar-refractivity contribution >= 4 is 12.4 Å². The molecule has 0 N–H and O–H groups in total. The Bertz CT molecular complexity index is 576. The minimum Gasteiger partial charge on any atom is -0.349 e. The summed E-state index contributed by atoms with van der Waals surface area (Å²) in [5.74, 6) is 0. The van der Waals surface area contributed by atoms with E-state index in [0.717, 1.165) is 0 Å². The van der Waals surface area contributed by atoms with Crippen molar-refractivity contribution in [3.8, 4) is 0 Å². The van der Waals surface area contributed by atoms with E-state index in [2.05, 4.69) is 88.4 Å². The van der Waals surface area contributed by atoms with E-state index in [1.807, 2.05) is 0 Å². The molecule has 0 aromatic carbocycles. The van der Waals surface area contributed by atoms with Crippen LogP contribution in [0, 0.1) is 0 Å². The monoisotopic (exact) mass is 606 g/mol. The van der Waals surface area contributed by atoms with E-state index >= 15 is 0 Å². The molecule has 248 valence electrons. The van der Waals surface area contributed by atoms with Crippen molar-refractivity contribution in [2.24, 2.45) is 0 Å². The van der Waals surface area contributed by atoms with Gasteiger partial charge < -0.3 is 4.90 Å². The van der Waals surface area contributed by atoms with Crippen LogP contribution in [0.4, 0.5) is 0 Å². The molecule has 0 heterocycles. The first-order valence-electron chi connectivity index (χ1n) is 18.5. The standard InChI is InChI=1S/C40H75N.ClH/c1-6-8-10-12-14-16-18-20-22-24-26-28-30-32-34-36-38-41(40(3,4)5)39-37-35-33-31-29-27-25-23-21-19-17-15-13-11-9-7-2;/h32-39H,6-31H2,1-5H3;1H/b34-32+,35-33+,38-36+,39-37+;. The Balaban J connectivity index is 0. The zero-order valence-electron chi connectivity index (χ0n) is 29.4. The molecule has 0 fully saturated rings. The summed E-state index contributed by atoms with van der Waals surface area (Å²) in [6.45, 7) is 11.4. The highest BCUT2D eigenvalue weighted by Gasteiger charge is 2.14. The maximum Gasteiger partial charge on any atom is 0.0355 e. The Labute approximate surface area is 272 Å². The van der Waals surface area contributed by atoms with Crippen molar-refractivity contribution in [3.63, 3.8) is 0 Å². The minimum absolute atomic E-state index is 0. The van der Waals surface area contributed by atoms with E-state index in [1.54, 1.807) is 0 Å². The van der Waals surface area contributed by atoms with Gasteiger partial charge in [-0.2, -0.15) is 0 Å². The van der Waals surface area contributed by atoms with Crippen LogP contribution in [-0.4, -0.2) is 10.4 Å². The molecule has 1 nitrogen and oxygen atoms in total. The molecular weight excluding hydrogens is 530 g/mol. The van der Waals surface area contributed by atoms with Crippen molar-refractivity contribution in [1.29, 1.82) is 0 Å². The third-order valence-electron chi connectivity index (χ3n) is 8.21. The molecule has 0 aliphatic carbocycles. The normalized spacial score (nSPS) is 12.4. The van der Waals surface area contributed by atoms with Crippen LogP contribution in [0.15, 0.2) is 48.9 Å². The van der Waals surface area contributed by atoms with Gasteiger partial charge in [-0.15, -0.1) is 12.4 Å². The predicted molar refractivity (Wildman–Crippen MR) is 197 cm³/mol. The SMILES string of the molecule is CCCCCCCCCCCCCC/C=C/C=C/N(/C=C/C=C/CCCCCCCCCCCCCC)C(C)(C)C.Cl. The van der Waals surface area contributed by atoms with Gasteiger partial charge in [0.2, 0.25) is 0 Å². The number of rotatable bonds is 30. The molecule has 0 atom stereocenters. The topological polar surface area (TPSA) is 3.24 Å². The molecule has 0 bridgehead atoms. The molecule has 0 saturated carbocycles. The Hall–Kier alpha value is -0.950. The van der Waals surface area contributed by atoms with Crippen molar-refractivity contribution in [1.82, 2.24) is 4.90 Å². The Kier molecular flexibility index (Phi) is 35.5. The summed E-state index contributed by atoms with van der Waals surface area (Å²) in [4.78, 5) is 2.31. The van der Waals surface area contributed by atoms with Gasteiger partial charge in [-0.3, -0.25) is 0 Å². The summed E-state index contributed by atoms with van der Waals surface area (Å²) in [6, 6.07) is 0. The van der Waals surface area contributed by atoms with E-state index in [1.165, 1.54) is 167 Å². The molecule has 0 aromatic heterocycles. The quantitative estimate of drug-likeness (QED) is 0.0581. The molecular formula is C40H76ClN. The third-order valence-corrected chi connectivity index (χ3v) is 8.21. The summed E-state index contributed by atoms with van der Waals surface area (Å²) in [6.07, 6.45) is 54.4. The number of unbranched alkanes of at least 4 members (excludes halogenated alkanes) is 24. The van der Waals surface area contributed by atoms with Crippen molar-refractivity contribution in [3.05, 3.63) is 48.9 Å². The second-order valence-corrected chi connectivity index (χ2v) is 13.5. The van der Waals surface area contributed by atoms with Crippen LogP contribution in [0.3, 0.4) is 0 Å². The molecule has 0 aliphatic heterocycles. The molecule has 0 spiro atoms. The molecule has 0 saturated heterocycles. The first kappa shape index (κ1) is 43.2. The fourth-order valence-electron chi connectivity index (χ4n) is 5.34. The van der Waals surface area contributed by atoms with Gasteiger partial charge >= 0.3 is 0 Å². The van der Waals surface area contributed by atoms with Crippen LogP contribution >= 0.6 is 12.4 Å². The fourth-order valence-corrected chi connectivity index (χ4v) is 5.34. The van der Waals surface area contributed by atoms with Crippen LogP contribution in [0.25, 0.3) is 0 Å². The van der Waals surface area contributed by atoms with E-state index in [4.69, 9.17) is 0 Å². The van der Waals surface area contributed by atoms with Gasteiger partial charge in [0.05, 0.1) is 0 Å². The van der Waals surface area contributed by atoms with Crippen LogP contribution in [0.2, 0.25) is 0 Å². The molecule has 0 radical (unpaired) electrons. The minimum atomic E-state index is 0. The van der Waals surface area contributed by atoms with Crippen molar-refractivity contribution in [2.45, 2.75) is 207 Å². The lowest BCUT2D eigenvalue weighted by Gasteiger charge is -2.31. The molecule has 0 rings (SSSR count). The molecule has 0 amide bonds. The van der Waals surface area contributed by atoms with Gasteiger partial charge in [-0.1, -0.05) is 179 Å². The Morgan fingerprint density at radius 2 is 0.643 bits per heavy atom. The van der Waals surface area contributed by atoms with Gasteiger partial charge in [0, 0.05) is 17.9 Å². The van der Waals surface area contributed by atoms with Gasteiger partial charge in [-0.25, -0.2) is 0 Å². The summed E-state index contributed by atoms with van der Waals surface area (Å²) in [5.41, 5.74) is 0.0830. The molecule has 0 aliphatic rings. The first-order chi connectivity index (χ1) is 20.0. The van der Waals surface area contributed by atoms with Crippen LogP contribution in [-0.2, 0) is 0 Å². The van der Waals surface area contributed by atoms with Crippen LogP contribution in [0.5, 0.6) is 0 Å². The van der Waals surface area contributed by atoms with Gasteiger partial charge in [0.15, 0.2) is 0 Å². The van der Waals surface area contributed by atoms with E-state index in [9.17, 15) is 0 Å². The number of allylic oxidation sites excluding steroid dienone is 6. The summed E-state index contributed by atoms with van der Waals surface area (Å²) < 4.78 is 0. The number of nitrogens with zero attached hydrogens (tertiary/aromatic N) is 1. The molecule has 0 aromatic rings. The average molecular weight is 607 g/mol. The fraction of sp³-hybridized carbons (Fsp3) is 0.800. The van der Waals surface area contributed by atoms with Crippen molar-refractivity contribution in [2.75, 3.05) is 0 Å². The van der Waals surface area contributed by atoms with Gasteiger partial charge in [-0.05, 0) is 58.6 Å². The van der Waals surface area contributed by atoms with E-state index in [-0.39, 0.29) is 17.9 Å². The maximum absolute atomic E-state index is 2.34. The first-order valence-corrected chi connectivity index (χ1v) is 18.5. The van der Waals surface area contributed by atoms with E-state index < -0.39 is 0 Å². The Morgan fingerprint density at radius 3 is 0.905 bits per heavy atom. The van der Waals surface area contributed by atoms with Crippen molar-refractivity contribution < 1.29 is 0 Å². The lowest BCUT2D eigenvalue weighted by Crippen LogP contribution is -2.32. The zero-order chi connectivity index (χ0) is 30.1. The third kappa shape index (κ3) is 33.6. The largest absolute Gasteiger partial charge is 0.349 e. The molecule has 0 unspecified atom stereocenters. The van der Waals surface area contributed by atoms with Gasteiger partial charge in [0.25, 0.3) is 0 Å². The number of hydrogen-bond donors (Lipinski definition) is 0.